The molecule has 0 aromatic rings. The van der Waals surface area contributed by atoms with Crippen molar-refractivity contribution in [3.8, 4) is 0 Å². The lowest BCUT2D eigenvalue weighted by Gasteiger charge is -2.60. The van der Waals surface area contributed by atoms with Gasteiger partial charge in [-0.05, 0) is 62.7 Å². The lowest BCUT2D eigenvalue weighted by Crippen LogP contribution is -2.61. The zero-order valence-electron chi connectivity index (χ0n) is 19.2. The molecule has 3 aliphatic rings. The third kappa shape index (κ3) is 4.44. The molecule has 178 valence electrons. The Bertz CT molecular complexity index is 660. The minimum atomic E-state index is -0.638. The van der Waals surface area contributed by atoms with Crippen molar-refractivity contribution in [2.24, 2.45) is 22.7 Å². The van der Waals surface area contributed by atoms with E-state index in [0.29, 0.717) is 25.9 Å². The molecule has 0 unspecified atom stereocenters. The smallest absolute Gasteiger partial charge is 0.407 e. The van der Waals surface area contributed by atoms with Crippen molar-refractivity contribution in [3.63, 3.8) is 0 Å². The molecular weight excluding hydrogens is 400 g/mol. The Balaban J connectivity index is 1.81. The third-order valence-electron chi connectivity index (χ3n) is 8.55. The normalized spacial score (nSPS) is 40.3. The zero-order chi connectivity index (χ0) is 22.8. The molecule has 7 atom stereocenters. The van der Waals surface area contributed by atoms with Gasteiger partial charge >= 0.3 is 6.09 Å². The van der Waals surface area contributed by atoms with Gasteiger partial charge in [0.1, 0.15) is 6.10 Å². The van der Waals surface area contributed by atoms with Crippen LogP contribution in [0.2, 0.25) is 0 Å². The Morgan fingerprint density at radius 2 is 1.90 bits per heavy atom. The number of alkyl carbamates (subject to hydrolysis) is 1. The van der Waals surface area contributed by atoms with Crippen molar-refractivity contribution in [2.75, 3.05) is 26.3 Å². The standard InChI is InChI=1S/C23H40N2O6/c1-4-24-21(30)31-19-9-10-22(2)16(12-20(29)25-11-5-6-15(25)13-26)17(28)7-8-18(22)23(19,3)14-27/h15-19,26-28H,4-14H2,1-3H3,(H,24,30)/t15-,16+,17+,18-,19+,22-,23-/m0/s1. The van der Waals surface area contributed by atoms with Crippen LogP contribution in [0.15, 0.2) is 0 Å². The topological polar surface area (TPSA) is 119 Å². The minimum absolute atomic E-state index is 0.00567. The van der Waals surface area contributed by atoms with Crippen LogP contribution in [0.1, 0.15) is 65.7 Å². The number of hydrogen-bond donors (Lipinski definition) is 4. The Kier molecular flexibility index (Phi) is 7.54. The minimum Gasteiger partial charge on any atom is -0.446 e. The Morgan fingerprint density at radius 3 is 2.55 bits per heavy atom. The average molecular weight is 441 g/mol. The summed E-state index contributed by atoms with van der Waals surface area (Å²) in [6.07, 6.45) is 3.08. The van der Waals surface area contributed by atoms with Crippen LogP contribution in [-0.2, 0) is 9.53 Å². The first-order valence-electron chi connectivity index (χ1n) is 11.8. The summed E-state index contributed by atoms with van der Waals surface area (Å²) in [5, 5.41) is 33.6. The SMILES string of the molecule is CCNC(=O)O[C@@H]1CC[C@]2(C)[C@H](CC[C@@H](O)[C@H]2CC(=O)N2CCC[C@H]2CO)[C@]1(C)CO. The fourth-order valence-corrected chi connectivity index (χ4v) is 6.75. The van der Waals surface area contributed by atoms with E-state index < -0.39 is 23.7 Å². The number of nitrogens with zero attached hydrogens (tertiary/aromatic N) is 1. The second-order valence-corrected chi connectivity index (χ2v) is 10.2. The largest absolute Gasteiger partial charge is 0.446 e. The Hall–Kier alpha value is -1.38. The van der Waals surface area contributed by atoms with E-state index in [1.807, 2.05) is 13.8 Å². The van der Waals surface area contributed by atoms with Gasteiger partial charge in [-0.3, -0.25) is 4.79 Å². The van der Waals surface area contributed by atoms with Crippen LogP contribution in [0.4, 0.5) is 4.79 Å². The number of fused-ring (bicyclic) bond motifs is 1. The molecule has 0 aromatic carbocycles. The lowest BCUT2D eigenvalue weighted by molar-refractivity contribution is -0.187. The Labute approximate surface area is 185 Å². The van der Waals surface area contributed by atoms with Crippen molar-refractivity contribution < 1.29 is 29.6 Å². The number of carbonyl (C=O) groups excluding carboxylic acids is 2. The second kappa shape index (κ2) is 9.63. The van der Waals surface area contributed by atoms with Crippen LogP contribution in [0.3, 0.4) is 0 Å². The molecule has 0 bridgehead atoms. The maximum atomic E-state index is 13.1. The molecule has 2 amide bonds. The third-order valence-corrected chi connectivity index (χ3v) is 8.55. The molecule has 0 radical (unpaired) electrons. The van der Waals surface area contributed by atoms with E-state index in [4.69, 9.17) is 4.74 Å². The van der Waals surface area contributed by atoms with E-state index in [9.17, 15) is 24.9 Å². The summed E-state index contributed by atoms with van der Waals surface area (Å²) >= 11 is 0. The van der Waals surface area contributed by atoms with Crippen LogP contribution in [0.5, 0.6) is 0 Å². The average Bonchev–Trinajstić information content (AvgIpc) is 3.22. The van der Waals surface area contributed by atoms with E-state index in [2.05, 4.69) is 12.2 Å². The van der Waals surface area contributed by atoms with Crippen molar-refractivity contribution in [3.05, 3.63) is 0 Å². The summed E-state index contributed by atoms with van der Waals surface area (Å²) in [7, 11) is 0. The molecule has 3 rings (SSSR count). The van der Waals surface area contributed by atoms with Gasteiger partial charge in [0.2, 0.25) is 5.91 Å². The van der Waals surface area contributed by atoms with Crippen LogP contribution >= 0.6 is 0 Å². The fraction of sp³-hybridized carbons (Fsp3) is 0.913. The van der Waals surface area contributed by atoms with Crippen LogP contribution in [0, 0.1) is 22.7 Å². The Morgan fingerprint density at radius 1 is 1.16 bits per heavy atom. The molecule has 8 nitrogen and oxygen atoms in total. The molecule has 2 aliphatic carbocycles. The molecule has 31 heavy (non-hydrogen) atoms. The van der Waals surface area contributed by atoms with Gasteiger partial charge < -0.3 is 30.3 Å². The van der Waals surface area contributed by atoms with Crippen molar-refractivity contribution >= 4 is 12.0 Å². The zero-order valence-corrected chi connectivity index (χ0v) is 19.2. The molecule has 8 heteroatoms. The van der Waals surface area contributed by atoms with E-state index in [1.54, 1.807) is 4.90 Å². The number of nitrogens with one attached hydrogen (secondary N) is 1. The number of likely N-dealkylation sites (tertiary alicyclic amines) is 1. The number of aliphatic hydroxyl groups is 3. The van der Waals surface area contributed by atoms with Crippen LogP contribution in [0.25, 0.3) is 0 Å². The predicted molar refractivity (Wildman–Crippen MR) is 115 cm³/mol. The van der Waals surface area contributed by atoms with Gasteiger partial charge in [-0.1, -0.05) is 13.8 Å². The van der Waals surface area contributed by atoms with Gasteiger partial charge in [0.05, 0.1) is 25.4 Å². The first kappa shape index (κ1) is 24.3. The summed E-state index contributed by atoms with van der Waals surface area (Å²) in [6.45, 7) is 6.91. The number of rotatable bonds is 6. The highest BCUT2D eigenvalue weighted by Crippen LogP contribution is 2.61. The molecular formula is C23H40N2O6. The van der Waals surface area contributed by atoms with Gasteiger partial charge in [-0.2, -0.15) is 0 Å². The summed E-state index contributed by atoms with van der Waals surface area (Å²) in [5.74, 6) is -0.213. The first-order valence-corrected chi connectivity index (χ1v) is 11.8. The summed E-state index contributed by atoms with van der Waals surface area (Å²) < 4.78 is 5.71. The van der Waals surface area contributed by atoms with E-state index in [0.717, 1.165) is 25.7 Å². The van der Waals surface area contributed by atoms with Crippen molar-refractivity contribution in [1.82, 2.24) is 10.2 Å². The summed E-state index contributed by atoms with van der Waals surface area (Å²) in [5.41, 5.74) is -0.985. The molecule has 0 aromatic heterocycles. The summed E-state index contributed by atoms with van der Waals surface area (Å²) in [4.78, 5) is 27.0. The lowest BCUT2D eigenvalue weighted by atomic mass is 9.46. The number of amides is 2. The highest BCUT2D eigenvalue weighted by molar-refractivity contribution is 5.77. The van der Waals surface area contributed by atoms with Crippen molar-refractivity contribution in [2.45, 2.75) is 84.0 Å². The predicted octanol–water partition coefficient (Wildman–Crippen LogP) is 1.66. The monoisotopic (exact) mass is 440 g/mol. The molecule has 2 saturated carbocycles. The van der Waals surface area contributed by atoms with Crippen molar-refractivity contribution in [1.29, 1.82) is 0 Å². The van der Waals surface area contributed by atoms with Gasteiger partial charge in [-0.25, -0.2) is 4.79 Å². The fourth-order valence-electron chi connectivity index (χ4n) is 6.75. The summed E-state index contributed by atoms with van der Waals surface area (Å²) in [6, 6.07) is -0.124. The number of carbonyl (C=O) groups is 2. The van der Waals surface area contributed by atoms with Gasteiger partial charge in [0.15, 0.2) is 0 Å². The highest BCUT2D eigenvalue weighted by atomic mass is 16.6. The van der Waals surface area contributed by atoms with Crippen LogP contribution in [-0.4, -0.2) is 76.8 Å². The van der Waals surface area contributed by atoms with E-state index in [1.165, 1.54) is 0 Å². The molecule has 4 N–H and O–H groups in total. The van der Waals surface area contributed by atoms with Gasteiger partial charge in [0, 0.05) is 24.9 Å². The molecule has 1 aliphatic heterocycles. The number of aliphatic hydroxyl groups excluding tert-OH is 3. The molecule has 0 spiro atoms. The molecule has 1 saturated heterocycles. The molecule has 3 fully saturated rings. The van der Waals surface area contributed by atoms with Crippen LogP contribution < -0.4 is 5.32 Å². The quantitative estimate of drug-likeness (QED) is 0.499. The van der Waals surface area contributed by atoms with E-state index in [-0.39, 0.29) is 48.8 Å². The molecule has 1 heterocycles. The van der Waals surface area contributed by atoms with Gasteiger partial charge in [-0.15, -0.1) is 0 Å². The second-order valence-electron chi connectivity index (χ2n) is 10.2. The number of ether oxygens (including phenoxy) is 1. The maximum absolute atomic E-state index is 13.1. The first-order chi connectivity index (χ1) is 14.7. The van der Waals surface area contributed by atoms with E-state index >= 15 is 0 Å². The highest BCUT2D eigenvalue weighted by Gasteiger charge is 2.60. The van der Waals surface area contributed by atoms with Gasteiger partial charge in [0.25, 0.3) is 0 Å². The maximum Gasteiger partial charge on any atom is 0.407 e. The number of hydrogen-bond acceptors (Lipinski definition) is 6.